The van der Waals surface area contributed by atoms with Gasteiger partial charge in [-0.1, -0.05) is 0 Å². The van der Waals surface area contributed by atoms with Gasteiger partial charge in [-0.05, 0) is 51.9 Å². The smallest absolute Gasteiger partial charge is 0.237 e. The number of aliphatic hydroxyl groups is 1. The van der Waals surface area contributed by atoms with Crippen LogP contribution in [0.25, 0.3) is 0 Å². The fraction of sp³-hybridized carbons (Fsp3) is 0.789. The molecule has 2 bridgehead atoms. The molecule has 4 rings (SSSR count). The van der Waals surface area contributed by atoms with E-state index in [1.54, 1.807) is 6.20 Å². The fourth-order valence-corrected chi connectivity index (χ4v) is 5.29. The summed E-state index contributed by atoms with van der Waals surface area (Å²) in [4.78, 5) is 21.7. The predicted molar refractivity (Wildman–Crippen MR) is 94.9 cm³/mol. The topological polar surface area (TPSA) is 61.6 Å². The molecule has 0 radical (unpaired) electrons. The minimum Gasteiger partial charge on any atom is -0.382 e. The van der Waals surface area contributed by atoms with Gasteiger partial charge in [0.25, 0.3) is 0 Å². The summed E-state index contributed by atoms with van der Waals surface area (Å²) in [6, 6.07) is 0.933. The normalized spacial score (nSPS) is 36.0. The molecule has 0 aromatic carbocycles. The highest BCUT2D eigenvalue weighted by molar-refractivity contribution is 5.78. The molecule has 3 saturated heterocycles. The second-order valence-electron chi connectivity index (χ2n) is 8.29. The summed E-state index contributed by atoms with van der Waals surface area (Å²) in [5.74, 6) is 1.03. The van der Waals surface area contributed by atoms with Gasteiger partial charge in [0.1, 0.15) is 11.4 Å². The summed E-state index contributed by atoms with van der Waals surface area (Å²) >= 11 is 0. The van der Waals surface area contributed by atoms with E-state index in [-0.39, 0.29) is 18.0 Å². The summed E-state index contributed by atoms with van der Waals surface area (Å²) < 4.78 is 1.93. The quantitative estimate of drug-likeness (QED) is 0.904. The minimum absolute atomic E-state index is 0.270. The number of amides is 1. The number of aryl methyl sites for hydroxylation is 1. The third-order valence-electron chi connectivity index (χ3n) is 6.60. The van der Waals surface area contributed by atoms with Crippen molar-refractivity contribution in [3.63, 3.8) is 0 Å². The van der Waals surface area contributed by atoms with Crippen LogP contribution < -0.4 is 0 Å². The Balaban J connectivity index is 1.46. The average Bonchev–Trinajstić information content (AvgIpc) is 3.11. The van der Waals surface area contributed by atoms with E-state index in [0.29, 0.717) is 25.4 Å². The Labute approximate surface area is 149 Å². The summed E-state index contributed by atoms with van der Waals surface area (Å²) in [5, 5.41) is 11.2. The molecular formula is C19H30N4O2. The molecule has 3 aliphatic heterocycles. The van der Waals surface area contributed by atoms with E-state index < -0.39 is 5.60 Å². The number of likely N-dealkylation sites (tertiary alicyclic amines) is 1. The molecular weight excluding hydrogens is 316 g/mol. The molecule has 1 aromatic heterocycles. The van der Waals surface area contributed by atoms with Crippen LogP contribution in [-0.4, -0.2) is 61.6 Å². The first-order valence-corrected chi connectivity index (χ1v) is 9.73. The SMILES string of the molecule is C[C@@H]1CCCCN1C(=O)CN1[C@@H]2CC[C@H]1CC(O)(c1nccn1C)C2. The number of hydrogen-bond acceptors (Lipinski definition) is 4. The summed E-state index contributed by atoms with van der Waals surface area (Å²) in [6.45, 7) is 3.58. The molecule has 4 atom stereocenters. The largest absolute Gasteiger partial charge is 0.382 e. The monoisotopic (exact) mass is 346 g/mol. The standard InChI is InChI=1S/C19H30N4O2/c1-14-5-3-4-9-22(14)17(24)13-23-15-6-7-16(23)12-19(25,11-15)18-20-8-10-21(18)2/h8,10,14-16,25H,3-7,9,11-13H2,1-2H3/t14-,15-,16+,19?/m1/s1. The highest BCUT2D eigenvalue weighted by Crippen LogP contribution is 2.45. The van der Waals surface area contributed by atoms with Crippen molar-refractivity contribution in [1.29, 1.82) is 0 Å². The number of aromatic nitrogens is 2. The molecule has 4 heterocycles. The molecule has 0 saturated carbocycles. The number of hydrogen-bond donors (Lipinski definition) is 1. The molecule has 1 unspecified atom stereocenters. The van der Waals surface area contributed by atoms with Gasteiger partial charge in [-0.15, -0.1) is 0 Å². The number of nitrogens with zero attached hydrogens (tertiary/aromatic N) is 4. The number of fused-ring (bicyclic) bond motifs is 2. The van der Waals surface area contributed by atoms with Crippen molar-refractivity contribution >= 4 is 5.91 Å². The molecule has 3 fully saturated rings. The van der Waals surface area contributed by atoms with Gasteiger partial charge in [0.2, 0.25) is 5.91 Å². The van der Waals surface area contributed by atoms with Crippen molar-refractivity contribution in [3.8, 4) is 0 Å². The summed E-state index contributed by atoms with van der Waals surface area (Å²) in [7, 11) is 1.94. The summed E-state index contributed by atoms with van der Waals surface area (Å²) in [5.41, 5.74) is -0.859. The van der Waals surface area contributed by atoms with Crippen molar-refractivity contribution in [2.75, 3.05) is 13.1 Å². The number of piperidine rings is 2. The zero-order valence-electron chi connectivity index (χ0n) is 15.4. The Kier molecular flexibility index (Phi) is 4.36. The van der Waals surface area contributed by atoms with Gasteiger partial charge in [-0.3, -0.25) is 9.69 Å². The molecule has 6 nitrogen and oxygen atoms in total. The molecule has 138 valence electrons. The van der Waals surface area contributed by atoms with Crippen LogP contribution in [0.2, 0.25) is 0 Å². The fourth-order valence-electron chi connectivity index (χ4n) is 5.29. The van der Waals surface area contributed by atoms with Gasteiger partial charge in [0, 0.05) is 44.1 Å². The maximum absolute atomic E-state index is 12.8. The highest BCUT2D eigenvalue weighted by atomic mass is 16.3. The van der Waals surface area contributed by atoms with Crippen LogP contribution in [-0.2, 0) is 17.4 Å². The lowest BCUT2D eigenvalue weighted by molar-refractivity contribution is -0.139. The van der Waals surface area contributed by atoms with E-state index >= 15 is 0 Å². The lowest BCUT2D eigenvalue weighted by atomic mass is 9.85. The zero-order chi connectivity index (χ0) is 17.6. The molecule has 1 N–H and O–H groups in total. The number of imidazole rings is 1. The van der Waals surface area contributed by atoms with Crippen LogP contribution in [0.4, 0.5) is 0 Å². The molecule has 25 heavy (non-hydrogen) atoms. The Bertz CT molecular complexity index is 629. The van der Waals surface area contributed by atoms with Crippen LogP contribution in [0.1, 0.15) is 57.7 Å². The van der Waals surface area contributed by atoms with Crippen LogP contribution in [0, 0.1) is 0 Å². The lowest BCUT2D eigenvalue weighted by Crippen LogP contribution is -2.54. The molecule has 1 aromatic rings. The maximum Gasteiger partial charge on any atom is 0.237 e. The van der Waals surface area contributed by atoms with Crippen molar-refractivity contribution in [2.45, 2.75) is 75.6 Å². The molecule has 1 amide bonds. The van der Waals surface area contributed by atoms with Gasteiger partial charge in [0.05, 0.1) is 6.54 Å². The van der Waals surface area contributed by atoms with E-state index in [1.807, 2.05) is 17.8 Å². The third-order valence-corrected chi connectivity index (χ3v) is 6.60. The van der Waals surface area contributed by atoms with Crippen LogP contribution in [0.3, 0.4) is 0 Å². The van der Waals surface area contributed by atoms with Crippen molar-refractivity contribution < 1.29 is 9.90 Å². The van der Waals surface area contributed by atoms with Gasteiger partial charge >= 0.3 is 0 Å². The van der Waals surface area contributed by atoms with Gasteiger partial charge in [-0.25, -0.2) is 4.98 Å². The second kappa shape index (κ2) is 6.40. The van der Waals surface area contributed by atoms with Gasteiger partial charge in [-0.2, -0.15) is 0 Å². The van der Waals surface area contributed by atoms with E-state index in [9.17, 15) is 9.90 Å². The van der Waals surface area contributed by atoms with Crippen LogP contribution in [0.5, 0.6) is 0 Å². The second-order valence-corrected chi connectivity index (χ2v) is 8.29. The Morgan fingerprint density at radius 1 is 1.28 bits per heavy atom. The number of carbonyl (C=O) groups is 1. The van der Waals surface area contributed by atoms with E-state index in [1.165, 1.54) is 6.42 Å². The lowest BCUT2D eigenvalue weighted by Gasteiger charge is -2.44. The Hall–Kier alpha value is -1.40. The van der Waals surface area contributed by atoms with Gasteiger partial charge < -0.3 is 14.6 Å². The highest BCUT2D eigenvalue weighted by Gasteiger charge is 2.50. The van der Waals surface area contributed by atoms with Crippen LogP contribution >= 0.6 is 0 Å². The Morgan fingerprint density at radius 2 is 2.00 bits per heavy atom. The zero-order valence-corrected chi connectivity index (χ0v) is 15.4. The van der Waals surface area contributed by atoms with Crippen molar-refractivity contribution in [3.05, 3.63) is 18.2 Å². The molecule has 6 heteroatoms. The van der Waals surface area contributed by atoms with Crippen molar-refractivity contribution in [2.24, 2.45) is 7.05 Å². The average molecular weight is 346 g/mol. The third kappa shape index (κ3) is 2.99. The first kappa shape index (κ1) is 17.0. The Morgan fingerprint density at radius 3 is 2.60 bits per heavy atom. The van der Waals surface area contributed by atoms with Crippen molar-refractivity contribution in [1.82, 2.24) is 19.4 Å². The van der Waals surface area contributed by atoms with E-state index in [4.69, 9.17) is 0 Å². The molecule has 0 spiro atoms. The number of carbonyl (C=O) groups excluding carboxylic acids is 1. The molecule has 3 aliphatic rings. The first-order valence-electron chi connectivity index (χ1n) is 9.73. The summed E-state index contributed by atoms with van der Waals surface area (Å²) in [6.07, 6.45) is 10.6. The maximum atomic E-state index is 12.8. The first-order chi connectivity index (χ1) is 12.0. The number of rotatable bonds is 3. The minimum atomic E-state index is -0.859. The molecule has 0 aliphatic carbocycles. The predicted octanol–water partition coefficient (Wildman–Crippen LogP) is 1.64. The van der Waals surface area contributed by atoms with E-state index in [2.05, 4.69) is 21.7 Å². The van der Waals surface area contributed by atoms with Crippen LogP contribution in [0.15, 0.2) is 12.4 Å². The van der Waals surface area contributed by atoms with E-state index in [0.717, 1.165) is 38.1 Å². The van der Waals surface area contributed by atoms with Gasteiger partial charge in [0.15, 0.2) is 0 Å².